The van der Waals surface area contributed by atoms with Gasteiger partial charge in [0.2, 0.25) is 0 Å². The van der Waals surface area contributed by atoms with E-state index >= 15 is 0 Å². The van der Waals surface area contributed by atoms with Crippen molar-refractivity contribution in [3.63, 3.8) is 0 Å². The van der Waals surface area contributed by atoms with E-state index in [9.17, 15) is 0 Å². The Labute approximate surface area is 119 Å². The molecule has 18 heavy (non-hydrogen) atoms. The zero-order chi connectivity index (χ0) is 13.0. The fourth-order valence-electron chi connectivity index (χ4n) is 3.02. The Kier molecular flexibility index (Phi) is 5.25. The largest absolute Gasteiger partial charge is 0.314 e. The molecule has 0 spiro atoms. The predicted molar refractivity (Wildman–Crippen MR) is 82.0 cm³/mol. The van der Waals surface area contributed by atoms with Crippen LogP contribution in [0.2, 0.25) is 0 Å². The Balaban J connectivity index is 2.12. The summed E-state index contributed by atoms with van der Waals surface area (Å²) < 4.78 is 1.20. The number of benzene rings is 1. The fraction of sp³-hybridized carbons (Fsp3) is 0.625. The first kappa shape index (κ1) is 14.1. The van der Waals surface area contributed by atoms with Crippen LogP contribution in [-0.4, -0.2) is 12.6 Å². The van der Waals surface area contributed by atoms with Crippen molar-refractivity contribution in [2.75, 3.05) is 6.54 Å². The van der Waals surface area contributed by atoms with E-state index < -0.39 is 0 Å². The number of halogens is 1. The lowest BCUT2D eigenvalue weighted by atomic mass is 9.84. The van der Waals surface area contributed by atoms with Gasteiger partial charge in [-0.1, -0.05) is 54.8 Å². The maximum atomic E-state index is 3.63. The molecule has 0 aliphatic heterocycles. The van der Waals surface area contributed by atoms with Gasteiger partial charge in [0.05, 0.1) is 0 Å². The molecule has 100 valence electrons. The molecular formula is C16H24BrN. The lowest BCUT2D eigenvalue weighted by Gasteiger charge is -2.25. The van der Waals surface area contributed by atoms with Crippen LogP contribution in [0, 0.1) is 5.92 Å². The van der Waals surface area contributed by atoms with Crippen LogP contribution < -0.4 is 5.32 Å². The van der Waals surface area contributed by atoms with Gasteiger partial charge in [0.15, 0.2) is 0 Å². The van der Waals surface area contributed by atoms with E-state index in [2.05, 4.69) is 59.4 Å². The highest BCUT2D eigenvalue weighted by molar-refractivity contribution is 9.10. The minimum Gasteiger partial charge on any atom is -0.314 e. The van der Waals surface area contributed by atoms with Crippen LogP contribution in [0.3, 0.4) is 0 Å². The van der Waals surface area contributed by atoms with E-state index in [0.29, 0.717) is 12.0 Å². The van der Waals surface area contributed by atoms with Crippen molar-refractivity contribution in [1.29, 1.82) is 0 Å². The summed E-state index contributed by atoms with van der Waals surface area (Å²) in [5, 5.41) is 3.63. The molecule has 1 aromatic rings. The lowest BCUT2D eigenvalue weighted by Crippen LogP contribution is -2.30. The Hall–Kier alpha value is -0.340. The topological polar surface area (TPSA) is 12.0 Å². The molecular weight excluding hydrogens is 286 g/mol. The third kappa shape index (κ3) is 3.83. The van der Waals surface area contributed by atoms with Crippen molar-refractivity contribution >= 4 is 15.9 Å². The van der Waals surface area contributed by atoms with Crippen LogP contribution in [0.5, 0.6) is 0 Å². The third-order valence-electron chi connectivity index (χ3n) is 3.99. The summed E-state index contributed by atoms with van der Waals surface area (Å²) in [6.45, 7) is 5.57. The van der Waals surface area contributed by atoms with Crippen molar-refractivity contribution < 1.29 is 0 Å². The summed E-state index contributed by atoms with van der Waals surface area (Å²) in [5.74, 6) is 1.54. The fourth-order valence-corrected chi connectivity index (χ4v) is 3.43. The molecule has 0 aromatic heterocycles. The SMILES string of the molecule is CC(C)NCC(c1cccc(Br)c1)C1CCCC1. The molecule has 1 nitrogen and oxygen atoms in total. The third-order valence-corrected chi connectivity index (χ3v) is 4.48. The molecule has 0 amide bonds. The van der Waals surface area contributed by atoms with Crippen LogP contribution in [0.1, 0.15) is 51.0 Å². The first-order chi connectivity index (χ1) is 8.66. The van der Waals surface area contributed by atoms with E-state index in [-0.39, 0.29) is 0 Å². The minimum absolute atomic E-state index is 0.570. The van der Waals surface area contributed by atoms with E-state index in [0.717, 1.165) is 12.5 Å². The van der Waals surface area contributed by atoms with Gasteiger partial charge < -0.3 is 5.32 Å². The van der Waals surface area contributed by atoms with Crippen molar-refractivity contribution in [3.8, 4) is 0 Å². The number of rotatable bonds is 5. The van der Waals surface area contributed by atoms with Crippen LogP contribution in [0.25, 0.3) is 0 Å². The van der Waals surface area contributed by atoms with E-state index in [1.807, 2.05) is 0 Å². The molecule has 1 N–H and O–H groups in total. The normalized spacial score (nSPS) is 18.4. The van der Waals surface area contributed by atoms with Crippen LogP contribution in [0.15, 0.2) is 28.7 Å². The maximum Gasteiger partial charge on any atom is 0.0178 e. The first-order valence-corrected chi connectivity index (χ1v) is 7.95. The molecule has 2 rings (SSSR count). The van der Waals surface area contributed by atoms with Gasteiger partial charge in [0.25, 0.3) is 0 Å². The molecule has 1 fully saturated rings. The van der Waals surface area contributed by atoms with Gasteiger partial charge in [-0.2, -0.15) is 0 Å². The molecule has 1 aromatic carbocycles. The molecule has 0 saturated heterocycles. The highest BCUT2D eigenvalue weighted by atomic mass is 79.9. The second kappa shape index (κ2) is 6.72. The molecule has 1 saturated carbocycles. The maximum absolute atomic E-state index is 3.63. The summed E-state index contributed by atoms with van der Waals surface area (Å²) in [7, 11) is 0. The predicted octanol–water partition coefficient (Wildman–Crippen LogP) is 4.72. The Morgan fingerprint density at radius 3 is 2.61 bits per heavy atom. The Bertz CT molecular complexity index is 369. The monoisotopic (exact) mass is 309 g/mol. The molecule has 1 aliphatic carbocycles. The van der Waals surface area contributed by atoms with Gasteiger partial charge in [-0.25, -0.2) is 0 Å². The van der Waals surface area contributed by atoms with Gasteiger partial charge in [-0.05, 0) is 42.4 Å². The average Bonchev–Trinajstić information content (AvgIpc) is 2.83. The van der Waals surface area contributed by atoms with Crippen molar-refractivity contribution in [2.45, 2.75) is 51.5 Å². The average molecular weight is 310 g/mol. The van der Waals surface area contributed by atoms with Crippen LogP contribution in [-0.2, 0) is 0 Å². The van der Waals surface area contributed by atoms with Gasteiger partial charge in [-0.3, -0.25) is 0 Å². The van der Waals surface area contributed by atoms with Gasteiger partial charge in [0, 0.05) is 17.1 Å². The molecule has 0 radical (unpaired) electrons. The Morgan fingerprint density at radius 2 is 2.00 bits per heavy atom. The molecule has 1 atom stereocenters. The quantitative estimate of drug-likeness (QED) is 0.829. The van der Waals surface area contributed by atoms with E-state index in [4.69, 9.17) is 0 Å². The summed E-state index contributed by atoms with van der Waals surface area (Å²) in [5.41, 5.74) is 1.49. The highest BCUT2D eigenvalue weighted by Crippen LogP contribution is 2.37. The standard InChI is InChI=1S/C16H24BrN/c1-12(2)18-11-16(13-6-3-4-7-13)14-8-5-9-15(17)10-14/h5,8-10,12-13,16,18H,3-4,6-7,11H2,1-2H3. The number of hydrogen-bond donors (Lipinski definition) is 1. The smallest absolute Gasteiger partial charge is 0.0178 e. The summed E-state index contributed by atoms with van der Waals surface area (Å²) in [4.78, 5) is 0. The first-order valence-electron chi connectivity index (χ1n) is 7.15. The van der Waals surface area contributed by atoms with E-state index in [1.165, 1.54) is 35.7 Å². The highest BCUT2D eigenvalue weighted by Gasteiger charge is 2.26. The Morgan fingerprint density at radius 1 is 1.28 bits per heavy atom. The summed E-state index contributed by atoms with van der Waals surface area (Å²) in [6, 6.07) is 9.43. The summed E-state index contributed by atoms with van der Waals surface area (Å²) >= 11 is 3.60. The van der Waals surface area contributed by atoms with Crippen molar-refractivity contribution in [2.24, 2.45) is 5.92 Å². The zero-order valence-corrected chi connectivity index (χ0v) is 13.0. The van der Waals surface area contributed by atoms with Crippen molar-refractivity contribution in [3.05, 3.63) is 34.3 Å². The van der Waals surface area contributed by atoms with Gasteiger partial charge >= 0.3 is 0 Å². The van der Waals surface area contributed by atoms with Crippen LogP contribution in [0.4, 0.5) is 0 Å². The van der Waals surface area contributed by atoms with E-state index in [1.54, 1.807) is 0 Å². The van der Waals surface area contributed by atoms with Crippen LogP contribution >= 0.6 is 15.9 Å². The summed E-state index contributed by atoms with van der Waals surface area (Å²) in [6.07, 6.45) is 5.63. The molecule has 1 aliphatic rings. The molecule has 1 unspecified atom stereocenters. The van der Waals surface area contributed by atoms with Gasteiger partial charge in [0.1, 0.15) is 0 Å². The number of nitrogens with one attached hydrogen (secondary N) is 1. The molecule has 2 heteroatoms. The zero-order valence-electron chi connectivity index (χ0n) is 11.5. The van der Waals surface area contributed by atoms with Gasteiger partial charge in [-0.15, -0.1) is 0 Å². The molecule has 0 bridgehead atoms. The lowest BCUT2D eigenvalue weighted by molar-refractivity contribution is 0.398. The minimum atomic E-state index is 0.570. The van der Waals surface area contributed by atoms with Crippen molar-refractivity contribution in [1.82, 2.24) is 5.32 Å². The molecule has 0 heterocycles. The second-order valence-corrected chi connectivity index (χ2v) is 6.68. The second-order valence-electron chi connectivity index (χ2n) is 5.77. The number of hydrogen-bond acceptors (Lipinski definition) is 1.